The minimum absolute atomic E-state index is 0.155. The van der Waals surface area contributed by atoms with Gasteiger partial charge in [-0.1, -0.05) is 36.4 Å². The molecule has 0 spiro atoms. The topological polar surface area (TPSA) is 78.6 Å². The number of rotatable bonds is 6. The summed E-state index contributed by atoms with van der Waals surface area (Å²) in [4.78, 5) is 28.2. The van der Waals surface area contributed by atoms with Crippen molar-refractivity contribution in [1.82, 2.24) is 24.7 Å². The maximum Gasteiger partial charge on any atom is 0.236 e. The van der Waals surface area contributed by atoms with Gasteiger partial charge in [0.2, 0.25) is 5.91 Å². The maximum atomic E-state index is 12.7. The van der Waals surface area contributed by atoms with Crippen molar-refractivity contribution in [3.05, 3.63) is 65.5 Å². The summed E-state index contributed by atoms with van der Waals surface area (Å²) in [5, 5.41) is 0.893. The molecule has 4 rings (SSSR count). The highest BCUT2D eigenvalue weighted by Crippen LogP contribution is 2.18. The summed E-state index contributed by atoms with van der Waals surface area (Å²) >= 11 is 0. The molecule has 0 unspecified atom stereocenters. The number of fused-ring (bicyclic) bond motifs is 1. The average Bonchev–Trinajstić information content (AvgIpc) is 2.77. The zero-order valence-electron chi connectivity index (χ0n) is 18.3. The largest absolute Gasteiger partial charge is 0.383 e. The molecule has 31 heavy (non-hydrogen) atoms. The van der Waals surface area contributed by atoms with Gasteiger partial charge in [-0.2, -0.15) is 0 Å². The van der Waals surface area contributed by atoms with Gasteiger partial charge < -0.3 is 10.6 Å². The smallest absolute Gasteiger partial charge is 0.236 e. The number of hydrogen-bond donors (Lipinski definition) is 1. The van der Waals surface area contributed by atoms with Crippen molar-refractivity contribution in [3.8, 4) is 0 Å². The summed E-state index contributed by atoms with van der Waals surface area (Å²) in [6, 6.07) is 16.0. The molecule has 2 heterocycles. The van der Waals surface area contributed by atoms with Crippen LogP contribution in [-0.2, 0) is 17.9 Å². The van der Waals surface area contributed by atoms with E-state index < -0.39 is 0 Å². The van der Waals surface area contributed by atoms with Gasteiger partial charge in [0.05, 0.1) is 18.6 Å². The zero-order chi connectivity index (χ0) is 21.8. The Morgan fingerprint density at radius 1 is 1.00 bits per heavy atom. The summed E-state index contributed by atoms with van der Waals surface area (Å²) in [5.41, 5.74) is 9.40. The van der Waals surface area contributed by atoms with Gasteiger partial charge >= 0.3 is 0 Å². The Balaban J connectivity index is 1.28. The second-order valence-electron chi connectivity index (χ2n) is 8.27. The molecule has 0 saturated carbocycles. The predicted octanol–water partition coefficient (Wildman–Crippen LogP) is 2.30. The lowest BCUT2D eigenvalue weighted by Gasteiger charge is -2.34. The Morgan fingerprint density at radius 2 is 1.68 bits per heavy atom. The van der Waals surface area contributed by atoms with Crippen molar-refractivity contribution in [2.45, 2.75) is 20.0 Å². The van der Waals surface area contributed by atoms with Gasteiger partial charge in [0, 0.05) is 45.2 Å². The van der Waals surface area contributed by atoms with Gasteiger partial charge in [-0.15, -0.1) is 0 Å². The predicted molar refractivity (Wildman–Crippen MR) is 123 cm³/mol. The number of nitrogen functional groups attached to an aromatic ring is 1. The normalized spacial score (nSPS) is 15.3. The van der Waals surface area contributed by atoms with Crippen molar-refractivity contribution in [2.24, 2.45) is 0 Å². The first-order valence-electron chi connectivity index (χ1n) is 10.7. The SMILES string of the molecule is Cc1ccccc1CN(C)C(=O)CN1CCN(Cc2nc(N)c3ccccc3n2)CC1. The lowest BCUT2D eigenvalue weighted by molar-refractivity contribution is -0.132. The van der Waals surface area contributed by atoms with Crippen molar-refractivity contribution in [2.75, 3.05) is 45.5 Å². The molecular weight excluding hydrogens is 388 g/mol. The van der Waals surface area contributed by atoms with Crippen molar-refractivity contribution < 1.29 is 4.79 Å². The maximum absolute atomic E-state index is 12.7. The molecule has 1 amide bonds. The second kappa shape index (κ2) is 9.41. The van der Waals surface area contributed by atoms with Crippen LogP contribution in [0.1, 0.15) is 17.0 Å². The van der Waals surface area contributed by atoms with Gasteiger partial charge in [0.25, 0.3) is 0 Å². The first-order valence-corrected chi connectivity index (χ1v) is 10.7. The number of para-hydroxylation sites is 1. The van der Waals surface area contributed by atoms with Crippen LogP contribution in [0.4, 0.5) is 5.82 Å². The van der Waals surface area contributed by atoms with E-state index in [1.54, 1.807) is 0 Å². The number of aryl methyl sites for hydroxylation is 1. The Bertz CT molecular complexity index is 1060. The molecule has 7 heteroatoms. The number of benzene rings is 2. The van der Waals surface area contributed by atoms with Crippen LogP contribution in [0.15, 0.2) is 48.5 Å². The molecule has 1 aliphatic rings. The first-order chi connectivity index (χ1) is 15.0. The zero-order valence-corrected chi connectivity index (χ0v) is 18.3. The Morgan fingerprint density at radius 3 is 2.45 bits per heavy atom. The molecular formula is C24H30N6O. The van der Waals surface area contributed by atoms with E-state index in [0.717, 1.165) is 42.9 Å². The van der Waals surface area contributed by atoms with Gasteiger partial charge in [-0.05, 0) is 30.2 Å². The minimum Gasteiger partial charge on any atom is -0.383 e. The molecule has 2 aromatic carbocycles. The average molecular weight is 419 g/mol. The highest BCUT2D eigenvalue weighted by atomic mass is 16.2. The van der Waals surface area contributed by atoms with Crippen molar-refractivity contribution >= 4 is 22.6 Å². The minimum atomic E-state index is 0.155. The van der Waals surface area contributed by atoms with Crippen LogP contribution in [0.25, 0.3) is 10.9 Å². The molecule has 1 aliphatic heterocycles. The number of aromatic nitrogens is 2. The molecule has 3 aromatic rings. The third kappa shape index (κ3) is 5.18. The number of carbonyl (C=O) groups excluding carboxylic acids is 1. The highest BCUT2D eigenvalue weighted by molar-refractivity contribution is 5.87. The van der Waals surface area contributed by atoms with Crippen LogP contribution >= 0.6 is 0 Å². The van der Waals surface area contributed by atoms with Crippen molar-refractivity contribution in [1.29, 1.82) is 0 Å². The lowest BCUT2D eigenvalue weighted by atomic mass is 10.1. The quantitative estimate of drug-likeness (QED) is 0.662. The molecule has 7 nitrogen and oxygen atoms in total. The summed E-state index contributed by atoms with van der Waals surface area (Å²) in [6.07, 6.45) is 0. The van der Waals surface area contributed by atoms with Gasteiger partial charge in [-0.3, -0.25) is 14.6 Å². The molecule has 2 N–H and O–H groups in total. The van der Waals surface area contributed by atoms with E-state index in [1.807, 2.05) is 48.3 Å². The fourth-order valence-electron chi connectivity index (χ4n) is 3.97. The van der Waals surface area contributed by atoms with Crippen LogP contribution < -0.4 is 5.73 Å². The second-order valence-corrected chi connectivity index (χ2v) is 8.27. The molecule has 1 aromatic heterocycles. The lowest BCUT2D eigenvalue weighted by Crippen LogP contribution is -2.49. The van der Waals surface area contributed by atoms with E-state index in [2.05, 4.69) is 38.8 Å². The number of anilines is 1. The van der Waals surface area contributed by atoms with Gasteiger partial charge in [0.15, 0.2) is 0 Å². The van der Waals surface area contributed by atoms with E-state index in [-0.39, 0.29) is 5.91 Å². The summed E-state index contributed by atoms with van der Waals surface area (Å²) in [5.74, 6) is 1.43. The van der Waals surface area contributed by atoms with Crippen molar-refractivity contribution in [3.63, 3.8) is 0 Å². The van der Waals surface area contributed by atoms with E-state index in [0.29, 0.717) is 25.5 Å². The summed E-state index contributed by atoms with van der Waals surface area (Å²) in [7, 11) is 1.88. The highest BCUT2D eigenvalue weighted by Gasteiger charge is 2.21. The Kier molecular flexibility index (Phi) is 6.44. The van der Waals surface area contributed by atoms with Crippen LogP contribution in [0.5, 0.6) is 0 Å². The number of nitrogens with two attached hydrogens (primary N) is 1. The fourth-order valence-corrected chi connectivity index (χ4v) is 3.97. The van der Waals surface area contributed by atoms with E-state index in [4.69, 9.17) is 5.73 Å². The molecule has 0 bridgehead atoms. The van der Waals surface area contributed by atoms with Gasteiger partial charge in [0.1, 0.15) is 11.6 Å². The third-order valence-electron chi connectivity index (χ3n) is 5.96. The number of piperazine rings is 1. The van der Waals surface area contributed by atoms with E-state index in [9.17, 15) is 4.79 Å². The molecule has 0 aliphatic carbocycles. The number of nitrogens with zero attached hydrogens (tertiary/aromatic N) is 5. The monoisotopic (exact) mass is 418 g/mol. The summed E-state index contributed by atoms with van der Waals surface area (Å²) < 4.78 is 0. The van der Waals surface area contributed by atoms with Crippen LogP contribution in [0.2, 0.25) is 0 Å². The Labute approximate surface area is 183 Å². The number of carbonyl (C=O) groups is 1. The molecule has 0 radical (unpaired) electrons. The molecule has 1 fully saturated rings. The molecule has 1 saturated heterocycles. The third-order valence-corrected chi connectivity index (χ3v) is 5.96. The fraction of sp³-hybridized carbons (Fsp3) is 0.375. The van der Waals surface area contributed by atoms with E-state index >= 15 is 0 Å². The molecule has 0 atom stereocenters. The van der Waals surface area contributed by atoms with Gasteiger partial charge in [-0.25, -0.2) is 9.97 Å². The number of amides is 1. The standard InChI is InChI=1S/C24H30N6O/c1-18-7-3-4-8-19(18)15-28(2)23(31)17-30-13-11-29(12-14-30)16-22-26-21-10-6-5-9-20(21)24(25)27-22/h3-10H,11-17H2,1-2H3,(H2,25,26,27). The summed E-state index contributed by atoms with van der Waals surface area (Å²) in [6.45, 7) is 7.32. The van der Waals surface area contributed by atoms with E-state index in [1.165, 1.54) is 11.1 Å². The number of likely N-dealkylation sites (N-methyl/N-ethyl adjacent to an activating group) is 1. The van der Waals surface area contributed by atoms with Crippen LogP contribution in [0.3, 0.4) is 0 Å². The van der Waals surface area contributed by atoms with Crippen LogP contribution in [0, 0.1) is 6.92 Å². The Hall–Kier alpha value is -3.03. The number of hydrogen-bond acceptors (Lipinski definition) is 6. The first kappa shape index (κ1) is 21.2. The van der Waals surface area contributed by atoms with Crippen LogP contribution in [-0.4, -0.2) is 70.3 Å². The molecule has 162 valence electrons.